The van der Waals surface area contributed by atoms with Crippen molar-refractivity contribution in [3.63, 3.8) is 0 Å². The van der Waals surface area contributed by atoms with Gasteiger partial charge in [0.25, 0.3) is 0 Å². The van der Waals surface area contributed by atoms with Crippen molar-refractivity contribution in [1.82, 2.24) is 0 Å². The average molecular weight is 955 g/mol. The molecule has 0 heterocycles. The molecule has 75 heavy (non-hydrogen) atoms. The number of hydrogen-bond acceptors (Lipinski definition) is 2. The van der Waals surface area contributed by atoms with E-state index in [4.69, 9.17) is 0 Å². The largest absolute Gasteiger partial charge is 0.309 e. The molecule has 352 valence electrons. The van der Waals surface area contributed by atoms with Gasteiger partial charge in [0.2, 0.25) is 0 Å². The molecule has 0 aromatic heterocycles. The zero-order valence-corrected chi connectivity index (χ0v) is 41.3. The fourth-order valence-corrected chi connectivity index (χ4v) is 12.3. The molecule has 2 aliphatic rings. The van der Waals surface area contributed by atoms with Gasteiger partial charge in [0.05, 0.1) is 28.2 Å². The number of para-hydroxylation sites is 4. The normalized spacial score (nSPS) is 12.4. The van der Waals surface area contributed by atoms with Gasteiger partial charge in [0, 0.05) is 33.6 Å². The third-order valence-corrected chi connectivity index (χ3v) is 15.5. The molecule has 2 nitrogen and oxygen atoms in total. The second-order valence-electron chi connectivity index (χ2n) is 19.5. The van der Waals surface area contributed by atoms with Crippen molar-refractivity contribution < 1.29 is 0 Å². The van der Waals surface area contributed by atoms with Crippen LogP contribution in [0.1, 0.15) is 22.3 Å². The molecular weight excluding hydrogens is 905 g/mol. The molecule has 0 radical (unpaired) electrons. The lowest BCUT2D eigenvalue weighted by atomic mass is 9.70. The van der Waals surface area contributed by atoms with Crippen LogP contribution in [0.15, 0.2) is 303 Å². The number of nitrogens with zero attached hydrogens (tertiary/aromatic N) is 2. The van der Waals surface area contributed by atoms with Gasteiger partial charge in [-0.05, 0) is 115 Å². The number of fused-ring (bicyclic) bond motifs is 10. The minimum Gasteiger partial charge on any atom is -0.309 e. The van der Waals surface area contributed by atoms with Gasteiger partial charge in [0.1, 0.15) is 0 Å². The highest BCUT2D eigenvalue weighted by Gasteiger charge is 2.52. The molecule has 0 saturated heterocycles. The molecule has 12 aromatic carbocycles. The Bertz CT molecular complexity index is 3640. The van der Waals surface area contributed by atoms with E-state index in [1.54, 1.807) is 0 Å². The van der Waals surface area contributed by atoms with Crippen LogP contribution < -0.4 is 9.80 Å². The highest BCUT2D eigenvalue weighted by Crippen LogP contribution is 2.64. The molecule has 14 rings (SSSR count). The summed E-state index contributed by atoms with van der Waals surface area (Å²) >= 11 is 0. The third-order valence-electron chi connectivity index (χ3n) is 15.5. The van der Waals surface area contributed by atoms with Gasteiger partial charge in [-0.2, -0.15) is 0 Å². The molecule has 2 aliphatic carbocycles. The Morgan fingerprint density at radius 2 is 0.427 bits per heavy atom. The van der Waals surface area contributed by atoms with Crippen molar-refractivity contribution in [1.29, 1.82) is 0 Å². The van der Waals surface area contributed by atoms with E-state index in [2.05, 4.69) is 313 Å². The molecule has 0 unspecified atom stereocenters. The lowest BCUT2D eigenvalue weighted by Crippen LogP contribution is -2.26. The molecule has 0 bridgehead atoms. The van der Waals surface area contributed by atoms with Crippen LogP contribution >= 0.6 is 0 Å². The van der Waals surface area contributed by atoms with E-state index in [0.29, 0.717) is 0 Å². The number of hydrogen-bond donors (Lipinski definition) is 0. The second kappa shape index (κ2) is 18.4. The van der Waals surface area contributed by atoms with E-state index >= 15 is 0 Å². The van der Waals surface area contributed by atoms with Crippen LogP contribution in [0, 0.1) is 0 Å². The van der Waals surface area contributed by atoms with E-state index in [1.807, 2.05) is 0 Å². The van der Waals surface area contributed by atoms with E-state index in [0.717, 1.165) is 56.4 Å². The molecule has 0 saturated carbocycles. The quantitative estimate of drug-likeness (QED) is 0.135. The summed E-state index contributed by atoms with van der Waals surface area (Å²) in [5.41, 5.74) is 25.4. The minimum absolute atomic E-state index is 0.656. The SMILES string of the molecule is c1ccc(-c2ccccc2N(c2ccc3c(c2)C2(c4ccccc4-c4ccccc42)c2cc(N(c4ccccc4-c4ccccc4)c4ccccc4-c4ccccc4)ccc2-3)c2ccccc2-c2ccccc2)cc1. The molecule has 0 N–H and O–H groups in total. The highest BCUT2D eigenvalue weighted by atomic mass is 15.2. The van der Waals surface area contributed by atoms with Crippen LogP contribution in [-0.2, 0) is 5.41 Å². The smallest absolute Gasteiger partial charge is 0.0727 e. The Kier molecular flexibility index (Phi) is 10.8. The van der Waals surface area contributed by atoms with Crippen molar-refractivity contribution in [2.75, 3.05) is 9.80 Å². The van der Waals surface area contributed by atoms with E-state index in [9.17, 15) is 0 Å². The zero-order valence-electron chi connectivity index (χ0n) is 41.3. The summed E-state index contributed by atoms with van der Waals surface area (Å²) in [7, 11) is 0. The molecule has 0 aliphatic heterocycles. The van der Waals surface area contributed by atoms with Crippen LogP contribution in [0.5, 0.6) is 0 Å². The fraction of sp³-hybridized carbons (Fsp3) is 0.0137. The van der Waals surface area contributed by atoms with Crippen molar-refractivity contribution >= 4 is 34.1 Å². The maximum Gasteiger partial charge on any atom is 0.0727 e. The maximum absolute atomic E-state index is 2.52. The molecule has 2 heteroatoms. The predicted octanol–water partition coefficient (Wildman–Crippen LogP) is 19.6. The number of rotatable bonds is 10. The van der Waals surface area contributed by atoms with Gasteiger partial charge in [-0.15, -0.1) is 0 Å². The van der Waals surface area contributed by atoms with E-state index in [1.165, 1.54) is 66.8 Å². The van der Waals surface area contributed by atoms with Crippen molar-refractivity contribution in [3.05, 3.63) is 326 Å². The Morgan fingerprint density at radius 1 is 0.187 bits per heavy atom. The third kappa shape index (κ3) is 7.17. The van der Waals surface area contributed by atoms with Crippen molar-refractivity contribution in [3.8, 4) is 66.8 Å². The van der Waals surface area contributed by atoms with Gasteiger partial charge in [-0.3, -0.25) is 0 Å². The Labute approximate surface area is 439 Å². The molecule has 0 amide bonds. The van der Waals surface area contributed by atoms with E-state index < -0.39 is 5.41 Å². The van der Waals surface area contributed by atoms with Crippen LogP contribution in [0.2, 0.25) is 0 Å². The summed E-state index contributed by atoms with van der Waals surface area (Å²) in [4.78, 5) is 5.01. The van der Waals surface area contributed by atoms with Gasteiger partial charge in [-0.1, -0.05) is 255 Å². The first kappa shape index (κ1) is 44.0. The first-order valence-electron chi connectivity index (χ1n) is 25.9. The number of anilines is 6. The topological polar surface area (TPSA) is 6.48 Å². The van der Waals surface area contributed by atoms with Crippen LogP contribution in [0.3, 0.4) is 0 Å². The summed E-state index contributed by atoms with van der Waals surface area (Å²) in [5.74, 6) is 0. The lowest BCUT2D eigenvalue weighted by molar-refractivity contribution is 0.793. The lowest BCUT2D eigenvalue weighted by Gasteiger charge is -2.34. The second-order valence-corrected chi connectivity index (χ2v) is 19.5. The molecular formula is C73H50N2. The average Bonchev–Trinajstić information content (AvgIpc) is 4.10. The predicted molar refractivity (Wildman–Crippen MR) is 314 cm³/mol. The Hall–Kier alpha value is -9.76. The van der Waals surface area contributed by atoms with Gasteiger partial charge < -0.3 is 9.80 Å². The van der Waals surface area contributed by atoms with Crippen LogP contribution in [0.25, 0.3) is 66.8 Å². The first-order chi connectivity index (χ1) is 37.3. The van der Waals surface area contributed by atoms with Crippen molar-refractivity contribution in [2.45, 2.75) is 5.41 Å². The van der Waals surface area contributed by atoms with E-state index in [-0.39, 0.29) is 0 Å². The van der Waals surface area contributed by atoms with Gasteiger partial charge >= 0.3 is 0 Å². The first-order valence-corrected chi connectivity index (χ1v) is 25.9. The van der Waals surface area contributed by atoms with Crippen LogP contribution in [-0.4, -0.2) is 0 Å². The zero-order chi connectivity index (χ0) is 49.7. The highest BCUT2D eigenvalue weighted by molar-refractivity contribution is 6.01. The van der Waals surface area contributed by atoms with Crippen LogP contribution in [0.4, 0.5) is 34.1 Å². The maximum atomic E-state index is 2.52. The van der Waals surface area contributed by atoms with Gasteiger partial charge in [0.15, 0.2) is 0 Å². The monoisotopic (exact) mass is 954 g/mol. The molecule has 0 fully saturated rings. The summed E-state index contributed by atoms with van der Waals surface area (Å²) in [6.45, 7) is 0. The summed E-state index contributed by atoms with van der Waals surface area (Å²) in [6, 6.07) is 112. The molecule has 12 aromatic rings. The van der Waals surface area contributed by atoms with Gasteiger partial charge in [-0.25, -0.2) is 0 Å². The molecule has 1 spiro atoms. The summed E-state index contributed by atoms with van der Waals surface area (Å²) < 4.78 is 0. The fourth-order valence-electron chi connectivity index (χ4n) is 12.3. The standard InChI is InChI=1S/C73H50N2/c1-5-25-51(26-6-1)57-33-15-21-41-69(57)74(70-42-22-16-34-58(70)52-27-7-2-8-28-52)55-45-47-63-64-48-46-56(50-68(64)73(67(63)49-55)65-39-19-13-37-61(65)62-38-14-20-40-66(62)73)75(71-43-23-17-35-59(71)53-29-9-3-10-30-53)72-44-24-18-36-60(72)54-31-11-4-12-32-54/h1-50H. The number of benzene rings is 12. The Morgan fingerprint density at radius 3 is 0.733 bits per heavy atom. The minimum atomic E-state index is -0.656. The Balaban J connectivity index is 1.05. The summed E-state index contributed by atoms with van der Waals surface area (Å²) in [6.07, 6.45) is 0. The van der Waals surface area contributed by atoms with Crippen molar-refractivity contribution in [2.24, 2.45) is 0 Å². The summed E-state index contributed by atoms with van der Waals surface area (Å²) in [5, 5.41) is 0. The molecule has 0 atom stereocenters.